The summed E-state index contributed by atoms with van der Waals surface area (Å²) in [4.78, 5) is 39.5. The van der Waals surface area contributed by atoms with E-state index in [0.717, 1.165) is 16.7 Å². The molecule has 0 radical (unpaired) electrons. The number of likely N-dealkylation sites (tertiary alicyclic amines) is 1. The number of hydrogen-bond acceptors (Lipinski definition) is 5. The summed E-state index contributed by atoms with van der Waals surface area (Å²) < 4.78 is 11.0. The molecule has 0 saturated carbocycles. The van der Waals surface area contributed by atoms with Crippen LogP contribution in [0.2, 0.25) is 0 Å². The first-order chi connectivity index (χ1) is 15.7. The zero-order chi connectivity index (χ0) is 23.3. The molecule has 0 spiro atoms. The highest BCUT2D eigenvalue weighted by molar-refractivity contribution is 5.98. The summed E-state index contributed by atoms with van der Waals surface area (Å²) in [5.41, 5.74) is 3.07. The Balaban J connectivity index is 1.49. The monoisotopic (exact) mass is 446 g/mol. The Kier molecular flexibility index (Phi) is 5.00. The number of carbonyl (C=O) groups excluding carboxylic acids is 2. The van der Waals surface area contributed by atoms with E-state index < -0.39 is 5.60 Å². The second-order valence-corrected chi connectivity index (χ2v) is 9.76. The lowest BCUT2D eigenvalue weighted by molar-refractivity contribution is 0.0287. The molecular formula is C26H26N2O5. The van der Waals surface area contributed by atoms with Crippen molar-refractivity contribution in [2.24, 2.45) is 5.92 Å². The van der Waals surface area contributed by atoms with Crippen molar-refractivity contribution in [3.8, 4) is 11.1 Å². The van der Waals surface area contributed by atoms with Crippen molar-refractivity contribution in [1.29, 1.82) is 0 Å². The number of carbonyl (C=O) groups is 2. The van der Waals surface area contributed by atoms with Crippen LogP contribution in [-0.2, 0) is 4.74 Å². The molecule has 2 atom stereocenters. The van der Waals surface area contributed by atoms with Crippen molar-refractivity contribution in [1.82, 2.24) is 10.2 Å². The standard InChI is InChI=1S/C26H26N2O5/c1-26(2,3)33-25(31)28-13-17-12-27-24(30)19-10-15(4-6-18(19)21(17)14-28)16-5-7-23-20(11-16)22(29)8-9-32-23/h4-11,17,21H,12-14H2,1-3H3,(H,27,30)/t17-,21-/m1/s1. The van der Waals surface area contributed by atoms with Gasteiger partial charge in [0.2, 0.25) is 0 Å². The van der Waals surface area contributed by atoms with Crippen LogP contribution in [0.15, 0.2) is 57.9 Å². The van der Waals surface area contributed by atoms with Crippen LogP contribution in [0.4, 0.5) is 4.79 Å². The van der Waals surface area contributed by atoms with Crippen LogP contribution in [0.5, 0.6) is 0 Å². The van der Waals surface area contributed by atoms with Gasteiger partial charge in [-0.05, 0) is 55.7 Å². The number of nitrogens with one attached hydrogen (secondary N) is 1. The molecule has 5 rings (SSSR count). The maximum Gasteiger partial charge on any atom is 0.410 e. The predicted octanol–water partition coefficient (Wildman–Crippen LogP) is 4.15. The largest absolute Gasteiger partial charge is 0.464 e. The molecular weight excluding hydrogens is 420 g/mol. The van der Waals surface area contributed by atoms with Gasteiger partial charge in [-0.25, -0.2) is 4.79 Å². The summed E-state index contributed by atoms with van der Waals surface area (Å²) in [6, 6.07) is 12.6. The highest BCUT2D eigenvalue weighted by atomic mass is 16.6. The van der Waals surface area contributed by atoms with E-state index in [-0.39, 0.29) is 29.3 Å². The molecule has 1 saturated heterocycles. The Bertz CT molecular complexity index is 1320. The number of nitrogens with zero attached hydrogens (tertiary/aromatic N) is 1. The third kappa shape index (κ3) is 3.99. The second-order valence-electron chi connectivity index (χ2n) is 9.76. The lowest BCUT2D eigenvalue weighted by atomic mass is 9.86. The van der Waals surface area contributed by atoms with E-state index in [1.54, 1.807) is 17.0 Å². The molecule has 7 nitrogen and oxygen atoms in total. The fourth-order valence-electron chi connectivity index (χ4n) is 4.74. The molecule has 1 aromatic heterocycles. The van der Waals surface area contributed by atoms with Gasteiger partial charge < -0.3 is 19.4 Å². The van der Waals surface area contributed by atoms with Crippen molar-refractivity contribution in [3.63, 3.8) is 0 Å². The minimum atomic E-state index is -0.556. The van der Waals surface area contributed by atoms with Crippen LogP contribution in [0.25, 0.3) is 22.1 Å². The van der Waals surface area contributed by atoms with E-state index >= 15 is 0 Å². The van der Waals surface area contributed by atoms with Gasteiger partial charge in [-0.3, -0.25) is 9.59 Å². The van der Waals surface area contributed by atoms with E-state index in [0.29, 0.717) is 36.2 Å². The lowest BCUT2D eigenvalue weighted by Gasteiger charge is -2.24. The zero-order valence-corrected chi connectivity index (χ0v) is 18.9. The first-order valence-electron chi connectivity index (χ1n) is 11.1. The van der Waals surface area contributed by atoms with Crippen molar-refractivity contribution >= 4 is 23.0 Å². The number of ether oxygens (including phenoxy) is 1. The highest BCUT2D eigenvalue weighted by Gasteiger charge is 2.41. The third-order valence-corrected chi connectivity index (χ3v) is 6.31. The van der Waals surface area contributed by atoms with E-state index in [2.05, 4.69) is 5.32 Å². The molecule has 2 aliphatic rings. The molecule has 0 bridgehead atoms. The molecule has 7 heteroatoms. The number of amides is 2. The van der Waals surface area contributed by atoms with Gasteiger partial charge in [0.25, 0.3) is 5.91 Å². The summed E-state index contributed by atoms with van der Waals surface area (Å²) in [5, 5.41) is 3.51. The molecule has 1 N–H and O–H groups in total. The van der Waals surface area contributed by atoms with Gasteiger partial charge in [-0.2, -0.15) is 0 Å². The summed E-state index contributed by atoms with van der Waals surface area (Å²) in [5.74, 6) is 0.0495. The van der Waals surface area contributed by atoms with Gasteiger partial charge in [0.15, 0.2) is 5.43 Å². The highest BCUT2D eigenvalue weighted by Crippen LogP contribution is 2.38. The van der Waals surface area contributed by atoms with Crippen LogP contribution < -0.4 is 10.7 Å². The van der Waals surface area contributed by atoms with Gasteiger partial charge in [0.1, 0.15) is 11.2 Å². The minimum absolute atomic E-state index is 0.0455. The van der Waals surface area contributed by atoms with Crippen LogP contribution in [-0.4, -0.2) is 42.1 Å². The molecule has 0 aliphatic carbocycles. The smallest absolute Gasteiger partial charge is 0.410 e. The van der Waals surface area contributed by atoms with Crippen molar-refractivity contribution in [2.45, 2.75) is 32.3 Å². The summed E-state index contributed by atoms with van der Waals surface area (Å²) in [6.45, 7) is 7.12. The fraction of sp³-hybridized carbons (Fsp3) is 0.346. The van der Waals surface area contributed by atoms with Crippen LogP contribution in [0.1, 0.15) is 42.6 Å². The van der Waals surface area contributed by atoms with E-state index in [1.807, 2.05) is 45.0 Å². The molecule has 3 aromatic rings. The van der Waals surface area contributed by atoms with E-state index in [9.17, 15) is 14.4 Å². The number of hydrogen-bond donors (Lipinski definition) is 1. The Labute approximate surface area is 191 Å². The molecule has 2 amide bonds. The van der Waals surface area contributed by atoms with E-state index in [4.69, 9.17) is 9.15 Å². The van der Waals surface area contributed by atoms with E-state index in [1.165, 1.54) is 12.3 Å². The zero-order valence-electron chi connectivity index (χ0n) is 18.9. The molecule has 2 aromatic carbocycles. The average Bonchev–Trinajstić information content (AvgIpc) is 3.15. The Morgan fingerprint density at radius 1 is 1.06 bits per heavy atom. The Morgan fingerprint density at radius 2 is 1.82 bits per heavy atom. The van der Waals surface area contributed by atoms with Gasteiger partial charge in [-0.1, -0.05) is 18.2 Å². The summed E-state index contributed by atoms with van der Waals surface area (Å²) in [7, 11) is 0. The van der Waals surface area contributed by atoms with Gasteiger partial charge in [0, 0.05) is 43.1 Å². The van der Waals surface area contributed by atoms with Gasteiger partial charge in [0.05, 0.1) is 11.6 Å². The fourth-order valence-corrected chi connectivity index (χ4v) is 4.74. The first kappa shape index (κ1) is 21.2. The van der Waals surface area contributed by atoms with Crippen molar-refractivity contribution in [3.05, 3.63) is 70.1 Å². The van der Waals surface area contributed by atoms with Crippen LogP contribution >= 0.6 is 0 Å². The number of benzene rings is 2. The number of rotatable bonds is 1. The van der Waals surface area contributed by atoms with Crippen molar-refractivity contribution < 1.29 is 18.7 Å². The lowest BCUT2D eigenvalue weighted by Crippen LogP contribution is -2.36. The Morgan fingerprint density at radius 3 is 2.61 bits per heavy atom. The maximum absolute atomic E-state index is 12.9. The third-order valence-electron chi connectivity index (χ3n) is 6.31. The summed E-state index contributed by atoms with van der Waals surface area (Å²) in [6.07, 6.45) is 1.06. The molecule has 3 heterocycles. The molecule has 0 unspecified atom stereocenters. The van der Waals surface area contributed by atoms with Gasteiger partial charge >= 0.3 is 6.09 Å². The number of fused-ring (bicyclic) bond motifs is 4. The minimum Gasteiger partial charge on any atom is -0.464 e. The SMILES string of the molecule is CC(C)(C)OC(=O)N1C[C@H]2CNC(=O)c3cc(-c4ccc5occc(=O)c5c4)ccc3[C@@H]2C1. The predicted molar refractivity (Wildman–Crippen MR) is 124 cm³/mol. The molecule has 2 aliphatic heterocycles. The Hall–Kier alpha value is -3.61. The summed E-state index contributed by atoms with van der Waals surface area (Å²) >= 11 is 0. The first-order valence-corrected chi connectivity index (χ1v) is 11.1. The van der Waals surface area contributed by atoms with Crippen LogP contribution in [0.3, 0.4) is 0 Å². The topological polar surface area (TPSA) is 88.8 Å². The molecule has 170 valence electrons. The average molecular weight is 447 g/mol. The van der Waals surface area contributed by atoms with Crippen molar-refractivity contribution in [2.75, 3.05) is 19.6 Å². The van der Waals surface area contributed by atoms with Gasteiger partial charge in [-0.15, -0.1) is 0 Å². The second kappa shape index (κ2) is 7.76. The van der Waals surface area contributed by atoms with Crippen LogP contribution in [0, 0.1) is 5.92 Å². The quantitative estimate of drug-likeness (QED) is 0.607. The molecule has 1 fully saturated rings. The normalized spacial score (nSPS) is 20.1. The molecule has 33 heavy (non-hydrogen) atoms. The maximum atomic E-state index is 12.9.